The van der Waals surface area contributed by atoms with Crippen molar-refractivity contribution < 1.29 is 4.79 Å². The highest BCUT2D eigenvalue weighted by atomic mass is 79.9. The second-order valence-corrected chi connectivity index (χ2v) is 8.28. The van der Waals surface area contributed by atoms with Gasteiger partial charge >= 0.3 is 0 Å². The normalized spacial score (nSPS) is 11.5. The number of carbonyl (C=O) groups is 1. The zero-order chi connectivity index (χ0) is 20.1. The molecule has 0 aliphatic heterocycles. The van der Waals surface area contributed by atoms with Crippen LogP contribution in [-0.2, 0) is 4.79 Å². The van der Waals surface area contributed by atoms with Crippen LogP contribution in [0, 0.1) is 13.8 Å². The second-order valence-electron chi connectivity index (χ2n) is 6.40. The highest BCUT2D eigenvalue weighted by Crippen LogP contribution is 2.28. The lowest BCUT2D eigenvalue weighted by molar-refractivity contribution is -0.118. The number of hydrogen-bond donors (Lipinski definition) is 1. The lowest BCUT2D eigenvalue weighted by atomic mass is 10.1. The fourth-order valence-electron chi connectivity index (χ4n) is 2.58. The van der Waals surface area contributed by atoms with E-state index in [2.05, 4.69) is 43.6 Å². The van der Waals surface area contributed by atoms with Gasteiger partial charge in [0.1, 0.15) is 0 Å². The number of imidazole rings is 1. The van der Waals surface area contributed by atoms with Gasteiger partial charge in [-0.25, -0.2) is 10.4 Å². The average molecular weight is 457 g/mol. The van der Waals surface area contributed by atoms with Crippen LogP contribution in [0.25, 0.3) is 5.69 Å². The smallest absolute Gasteiger partial charge is 0.250 e. The number of aryl methyl sites for hydroxylation is 2. The molecular weight excluding hydrogens is 436 g/mol. The van der Waals surface area contributed by atoms with E-state index in [1.165, 1.54) is 11.8 Å². The minimum Gasteiger partial charge on any atom is -0.306 e. The van der Waals surface area contributed by atoms with Gasteiger partial charge in [-0.05, 0) is 61.7 Å². The van der Waals surface area contributed by atoms with Crippen LogP contribution in [0.4, 0.5) is 0 Å². The standard InChI is InChI=1S/C21H21BrN4OS/c1-14-11-20(15(2)10-19(14)22)28-12-21(27)25-24-16(3)17-4-6-18(7-5-17)26-9-8-23-13-26/h4-11,13H,12H2,1-3H3,(H,25,27)/b24-16+. The van der Waals surface area contributed by atoms with Crippen molar-refractivity contribution in [1.82, 2.24) is 15.0 Å². The molecule has 3 rings (SSSR count). The van der Waals surface area contributed by atoms with Gasteiger partial charge in [-0.1, -0.05) is 28.1 Å². The van der Waals surface area contributed by atoms with Crippen molar-refractivity contribution in [3.63, 3.8) is 0 Å². The van der Waals surface area contributed by atoms with Crippen molar-refractivity contribution in [2.45, 2.75) is 25.7 Å². The molecule has 1 N–H and O–H groups in total. The largest absolute Gasteiger partial charge is 0.306 e. The van der Waals surface area contributed by atoms with E-state index in [9.17, 15) is 4.79 Å². The van der Waals surface area contributed by atoms with Crippen LogP contribution >= 0.6 is 27.7 Å². The molecule has 0 saturated carbocycles. The summed E-state index contributed by atoms with van der Waals surface area (Å²) in [6, 6.07) is 12.1. The maximum atomic E-state index is 12.2. The van der Waals surface area contributed by atoms with Gasteiger partial charge in [0.05, 0.1) is 17.8 Å². The fraction of sp³-hybridized carbons (Fsp3) is 0.190. The summed E-state index contributed by atoms with van der Waals surface area (Å²) in [4.78, 5) is 17.3. The van der Waals surface area contributed by atoms with E-state index < -0.39 is 0 Å². The van der Waals surface area contributed by atoms with Crippen LogP contribution in [0.1, 0.15) is 23.6 Å². The quantitative estimate of drug-likeness (QED) is 0.326. The Morgan fingerprint density at radius 2 is 1.96 bits per heavy atom. The number of hydrogen-bond acceptors (Lipinski definition) is 4. The van der Waals surface area contributed by atoms with E-state index in [1.807, 2.05) is 55.8 Å². The summed E-state index contributed by atoms with van der Waals surface area (Å²) in [5.74, 6) is 0.192. The van der Waals surface area contributed by atoms with Gasteiger partial charge in [-0.3, -0.25) is 4.79 Å². The topological polar surface area (TPSA) is 59.3 Å². The van der Waals surface area contributed by atoms with Crippen LogP contribution in [0.15, 0.2) is 69.6 Å². The summed E-state index contributed by atoms with van der Waals surface area (Å²) in [6.07, 6.45) is 5.39. The van der Waals surface area contributed by atoms with E-state index >= 15 is 0 Å². The van der Waals surface area contributed by atoms with Gasteiger partial charge < -0.3 is 4.57 Å². The molecule has 144 valence electrons. The number of carbonyl (C=O) groups excluding carboxylic acids is 1. The highest BCUT2D eigenvalue weighted by Gasteiger charge is 2.07. The Labute approximate surface area is 177 Å². The minimum absolute atomic E-state index is 0.126. The first kappa shape index (κ1) is 20.4. The third kappa shape index (κ3) is 5.11. The molecule has 5 nitrogen and oxygen atoms in total. The van der Waals surface area contributed by atoms with Crippen molar-refractivity contribution in [3.05, 3.63) is 76.3 Å². The number of nitrogens with one attached hydrogen (secondary N) is 1. The Bertz CT molecular complexity index is 998. The number of thioether (sulfide) groups is 1. The van der Waals surface area contributed by atoms with E-state index in [0.717, 1.165) is 37.5 Å². The van der Waals surface area contributed by atoms with Gasteiger partial charge in [0.15, 0.2) is 0 Å². The van der Waals surface area contributed by atoms with Crippen LogP contribution in [0.5, 0.6) is 0 Å². The van der Waals surface area contributed by atoms with Gasteiger partial charge in [-0.2, -0.15) is 5.10 Å². The fourth-order valence-corrected chi connectivity index (χ4v) is 3.94. The monoisotopic (exact) mass is 456 g/mol. The number of aromatic nitrogens is 2. The number of hydrazone groups is 1. The van der Waals surface area contributed by atoms with Gasteiger partial charge in [-0.15, -0.1) is 11.8 Å². The van der Waals surface area contributed by atoms with Crippen LogP contribution in [0.3, 0.4) is 0 Å². The summed E-state index contributed by atoms with van der Waals surface area (Å²) >= 11 is 5.04. The molecule has 2 aromatic carbocycles. The summed E-state index contributed by atoms with van der Waals surface area (Å²) in [5.41, 5.74) is 7.68. The lowest BCUT2D eigenvalue weighted by Gasteiger charge is -2.08. The number of rotatable bonds is 6. The van der Waals surface area contributed by atoms with Gasteiger partial charge in [0.25, 0.3) is 0 Å². The SMILES string of the molecule is C/C(=N\NC(=O)CSc1cc(C)c(Br)cc1C)c1ccc(-n2ccnc2)cc1. The van der Waals surface area contributed by atoms with E-state index in [1.54, 1.807) is 12.5 Å². The summed E-state index contributed by atoms with van der Waals surface area (Å²) < 4.78 is 3.01. The molecule has 0 unspecified atom stereocenters. The highest BCUT2D eigenvalue weighted by molar-refractivity contribution is 9.10. The molecule has 0 aliphatic carbocycles. The third-order valence-electron chi connectivity index (χ3n) is 4.25. The third-order valence-corrected chi connectivity index (χ3v) is 6.26. The first-order chi connectivity index (χ1) is 13.4. The van der Waals surface area contributed by atoms with Crippen molar-refractivity contribution in [3.8, 4) is 5.69 Å². The molecule has 1 aromatic heterocycles. The average Bonchev–Trinajstić information content (AvgIpc) is 3.23. The van der Waals surface area contributed by atoms with E-state index in [-0.39, 0.29) is 5.91 Å². The van der Waals surface area contributed by atoms with Crippen LogP contribution < -0.4 is 5.43 Å². The van der Waals surface area contributed by atoms with E-state index in [0.29, 0.717) is 5.75 Å². The molecule has 28 heavy (non-hydrogen) atoms. The predicted octanol–water partition coefficient (Wildman–Crippen LogP) is 4.88. The Morgan fingerprint density at radius 1 is 1.21 bits per heavy atom. The van der Waals surface area contributed by atoms with Crippen LogP contribution in [0.2, 0.25) is 0 Å². The Hall–Kier alpha value is -2.38. The minimum atomic E-state index is -0.126. The second kappa shape index (κ2) is 9.21. The van der Waals surface area contributed by atoms with Crippen molar-refractivity contribution >= 4 is 39.3 Å². The molecule has 0 radical (unpaired) electrons. The maximum absolute atomic E-state index is 12.2. The molecule has 3 aromatic rings. The van der Waals surface area contributed by atoms with Gasteiger partial charge in [0.2, 0.25) is 5.91 Å². The first-order valence-electron chi connectivity index (χ1n) is 8.75. The van der Waals surface area contributed by atoms with Crippen molar-refractivity contribution in [1.29, 1.82) is 0 Å². The first-order valence-corrected chi connectivity index (χ1v) is 10.5. The zero-order valence-electron chi connectivity index (χ0n) is 15.9. The van der Waals surface area contributed by atoms with Crippen molar-refractivity contribution in [2.24, 2.45) is 5.10 Å². The Morgan fingerprint density at radius 3 is 2.64 bits per heavy atom. The van der Waals surface area contributed by atoms with Crippen molar-refractivity contribution in [2.75, 3.05) is 5.75 Å². The zero-order valence-corrected chi connectivity index (χ0v) is 18.3. The number of amides is 1. The molecule has 0 bridgehead atoms. The van der Waals surface area contributed by atoms with Gasteiger partial charge in [0, 0.05) is 27.4 Å². The molecule has 0 fully saturated rings. The molecule has 7 heteroatoms. The summed E-state index contributed by atoms with van der Waals surface area (Å²) in [6.45, 7) is 5.96. The van der Waals surface area contributed by atoms with E-state index in [4.69, 9.17) is 0 Å². The predicted molar refractivity (Wildman–Crippen MR) is 118 cm³/mol. The number of halogens is 1. The maximum Gasteiger partial charge on any atom is 0.250 e. The van der Waals surface area contributed by atoms with Crippen LogP contribution in [-0.4, -0.2) is 26.9 Å². The molecule has 1 amide bonds. The number of nitrogens with zero attached hydrogens (tertiary/aromatic N) is 3. The molecule has 0 saturated heterocycles. The summed E-state index contributed by atoms with van der Waals surface area (Å²) in [7, 11) is 0. The molecular formula is C21H21BrN4OS. The Kier molecular flexibility index (Phi) is 6.70. The Balaban J connectivity index is 1.57. The lowest BCUT2D eigenvalue weighted by Crippen LogP contribution is -2.21. The molecule has 0 spiro atoms. The molecule has 0 atom stereocenters. The molecule has 0 aliphatic rings. The summed E-state index contributed by atoms with van der Waals surface area (Å²) in [5, 5.41) is 4.23. The molecule has 1 heterocycles. The number of benzene rings is 2.